The maximum Gasteiger partial charge on any atom is 0.325 e. The van der Waals surface area contributed by atoms with Crippen LogP contribution in [0.4, 0.5) is 0 Å². The maximum absolute atomic E-state index is 11.2. The zero-order valence-corrected chi connectivity index (χ0v) is 12.0. The minimum Gasteiger partial charge on any atom is -0.465 e. The summed E-state index contributed by atoms with van der Waals surface area (Å²) in [5.74, 6) is -0.402. The fourth-order valence-corrected chi connectivity index (χ4v) is 1.55. The van der Waals surface area contributed by atoms with Crippen LogP contribution in [0.15, 0.2) is 30.3 Å². The van der Waals surface area contributed by atoms with Crippen molar-refractivity contribution in [3.05, 3.63) is 35.9 Å². The third-order valence-corrected chi connectivity index (χ3v) is 2.48. The normalized spacial score (nSPS) is 11.5. The number of hydrogen-bond acceptors (Lipinski definition) is 4. The fourth-order valence-electron chi connectivity index (χ4n) is 1.55. The summed E-state index contributed by atoms with van der Waals surface area (Å²) in [5, 5.41) is 0. The molecular weight excluding hydrogens is 266 g/mol. The molecule has 2 N–H and O–H groups in total. The highest BCUT2D eigenvalue weighted by molar-refractivity contribution is 5.85. The minimum atomic E-state index is -0.679. The van der Waals surface area contributed by atoms with E-state index in [-0.39, 0.29) is 19.0 Å². The van der Waals surface area contributed by atoms with Crippen molar-refractivity contribution in [2.24, 2.45) is 5.73 Å². The molecule has 0 unspecified atom stereocenters. The van der Waals surface area contributed by atoms with Crippen molar-refractivity contribution in [3.8, 4) is 0 Å². The van der Waals surface area contributed by atoms with Crippen LogP contribution in [-0.2, 0) is 20.7 Å². The van der Waals surface area contributed by atoms with Crippen molar-refractivity contribution in [2.75, 3.05) is 19.8 Å². The molecule has 0 spiro atoms. The number of hydrogen-bond donors (Lipinski definition) is 1. The van der Waals surface area contributed by atoms with Gasteiger partial charge in [0, 0.05) is 6.61 Å². The van der Waals surface area contributed by atoms with Crippen molar-refractivity contribution >= 4 is 18.4 Å². The SMILES string of the molecule is CCOC(=O)[C@@H](N)COCCCc1ccccc1.Cl. The fraction of sp³-hybridized carbons (Fsp3) is 0.500. The molecule has 1 rings (SSSR count). The largest absolute Gasteiger partial charge is 0.465 e. The van der Waals surface area contributed by atoms with E-state index in [1.807, 2.05) is 18.2 Å². The van der Waals surface area contributed by atoms with Crippen LogP contribution in [0.1, 0.15) is 18.9 Å². The van der Waals surface area contributed by atoms with Gasteiger partial charge >= 0.3 is 5.97 Å². The molecule has 108 valence electrons. The molecule has 19 heavy (non-hydrogen) atoms. The molecule has 0 aliphatic carbocycles. The van der Waals surface area contributed by atoms with Gasteiger partial charge in [0.25, 0.3) is 0 Å². The van der Waals surface area contributed by atoms with Crippen molar-refractivity contribution in [1.82, 2.24) is 0 Å². The van der Waals surface area contributed by atoms with Gasteiger partial charge in [0.15, 0.2) is 0 Å². The monoisotopic (exact) mass is 287 g/mol. The number of halogens is 1. The van der Waals surface area contributed by atoms with Crippen molar-refractivity contribution < 1.29 is 14.3 Å². The third kappa shape index (κ3) is 7.82. The minimum absolute atomic E-state index is 0. The van der Waals surface area contributed by atoms with E-state index in [2.05, 4.69) is 12.1 Å². The molecule has 0 aromatic heterocycles. The summed E-state index contributed by atoms with van der Waals surface area (Å²) in [5.41, 5.74) is 6.88. The first kappa shape index (κ1) is 17.9. The van der Waals surface area contributed by atoms with Crippen molar-refractivity contribution in [3.63, 3.8) is 0 Å². The lowest BCUT2D eigenvalue weighted by Gasteiger charge is -2.10. The number of carbonyl (C=O) groups is 1. The Morgan fingerprint density at radius 1 is 1.32 bits per heavy atom. The summed E-state index contributed by atoms with van der Waals surface area (Å²) >= 11 is 0. The summed E-state index contributed by atoms with van der Waals surface area (Å²) in [6.07, 6.45) is 1.88. The van der Waals surface area contributed by atoms with Gasteiger partial charge in [-0.1, -0.05) is 30.3 Å². The van der Waals surface area contributed by atoms with Crippen LogP contribution >= 0.6 is 12.4 Å². The van der Waals surface area contributed by atoms with Crippen LogP contribution in [0, 0.1) is 0 Å². The maximum atomic E-state index is 11.2. The van der Waals surface area contributed by atoms with E-state index in [9.17, 15) is 4.79 Å². The lowest BCUT2D eigenvalue weighted by Crippen LogP contribution is -2.36. The first-order valence-corrected chi connectivity index (χ1v) is 6.28. The van der Waals surface area contributed by atoms with Gasteiger partial charge in [-0.3, -0.25) is 4.79 Å². The third-order valence-electron chi connectivity index (χ3n) is 2.48. The average Bonchev–Trinajstić information content (AvgIpc) is 2.39. The lowest BCUT2D eigenvalue weighted by molar-refractivity contribution is -0.146. The Morgan fingerprint density at radius 2 is 2.00 bits per heavy atom. The topological polar surface area (TPSA) is 61.5 Å². The second-order valence-electron chi connectivity index (χ2n) is 4.02. The van der Waals surface area contributed by atoms with Gasteiger partial charge in [-0.25, -0.2) is 0 Å². The predicted octanol–water partition coefficient (Wildman–Crippen LogP) is 1.95. The molecule has 0 amide bonds. The predicted molar refractivity (Wildman–Crippen MR) is 77.4 cm³/mol. The number of rotatable bonds is 8. The molecule has 0 saturated heterocycles. The summed E-state index contributed by atoms with van der Waals surface area (Å²) in [6, 6.07) is 9.54. The lowest BCUT2D eigenvalue weighted by atomic mass is 10.1. The number of aryl methyl sites for hydroxylation is 1. The van der Waals surface area contributed by atoms with E-state index in [0.717, 1.165) is 12.8 Å². The summed E-state index contributed by atoms with van der Waals surface area (Å²) in [6.45, 7) is 2.92. The summed E-state index contributed by atoms with van der Waals surface area (Å²) in [4.78, 5) is 11.2. The molecule has 0 radical (unpaired) electrons. The highest BCUT2D eigenvalue weighted by atomic mass is 35.5. The second kappa shape index (κ2) is 10.8. The van der Waals surface area contributed by atoms with E-state index in [4.69, 9.17) is 15.2 Å². The Morgan fingerprint density at radius 3 is 2.63 bits per heavy atom. The quantitative estimate of drug-likeness (QED) is 0.586. The highest BCUT2D eigenvalue weighted by Crippen LogP contribution is 2.02. The van der Waals surface area contributed by atoms with Gasteiger partial charge in [0.1, 0.15) is 6.04 Å². The van der Waals surface area contributed by atoms with Crippen molar-refractivity contribution in [2.45, 2.75) is 25.8 Å². The Kier molecular flexibility index (Phi) is 10.2. The smallest absolute Gasteiger partial charge is 0.325 e. The molecule has 1 atom stereocenters. The second-order valence-corrected chi connectivity index (χ2v) is 4.02. The Labute approximate surface area is 120 Å². The first-order valence-electron chi connectivity index (χ1n) is 6.28. The average molecular weight is 288 g/mol. The van der Waals surface area contributed by atoms with E-state index in [1.165, 1.54) is 5.56 Å². The number of esters is 1. The number of ether oxygens (including phenoxy) is 2. The molecule has 0 bridgehead atoms. The van der Waals surface area contributed by atoms with Gasteiger partial charge < -0.3 is 15.2 Å². The molecule has 0 fully saturated rings. The van der Waals surface area contributed by atoms with Crippen LogP contribution in [0.3, 0.4) is 0 Å². The zero-order valence-electron chi connectivity index (χ0n) is 11.2. The summed E-state index contributed by atoms with van der Waals surface area (Å²) < 4.78 is 10.1. The van der Waals surface area contributed by atoms with Crippen LogP contribution in [0.5, 0.6) is 0 Å². The number of benzene rings is 1. The van der Waals surface area contributed by atoms with Crippen LogP contribution < -0.4 is 5.73 Å². The molecule has 0 aliphatic rings. The molecule has 4 nitrogen and oxygen atoms in total. The molecule has 1 aromatic rings. The molecule has 0 heterocycles. The molecule has 0 saturated carbocycles. The highest BCUT2D eigenvalue weighted by Gasteiger charge is 2.13. The molecule has 1 aromatic carbocycles. The van der Waals surface area contributed by atoms with Gasteiger partial charge in [0.2, 0.25) is 0 Å². The first-order chi connectivity index (χ1) is 8.74. The van der Waals surface area contributed by atoms with E-state index in [1.54, 1.807) is 6.92 Å². The molecular formula is C14H22ClNO3. The van der Waals surface area contributed by atoms with E-state index >= 15 is 0 Å². The van der Waals surface area contributed by atoms with Crippen LogP contribution in [-0.4, -0.2) is 31.8 Å². The standard InChI is InChI=1S/C14H21NO3.ClH/c1-2-18-14(16)13(15)11-17-10-6-9-12-7-4-3-5-8-12;/h3-5,7-8,13H,2,6,9-11,15H2,1H3;1H/t13-;/m0./s1. The summed E-state index contributed by atoms with van der Waals surface area (Å²) in [7, 11) is 0. The Balaban J connectivity index is 0.00000324. The van der Waals surface area contributed by atoms with Crippen molar-refractivity contribution in [1.29, 1.82) is 0 Å². The van der Waals surface area contributed by atoms with E-state index < -0.39 is 12.0 Å². The van der Waals surface area contributed by atoms with Gasteiger partial charge in [0.05, 0.1) is 13.2 Å². The Bertz CT molecular complexity index is 346. The van der Waals surface area contributed by atoms with Crippen LogP contribution in [0.2, 0.25) is 0 Å². The van der Waals surface area contributed by atoms with Gasteiger partial charge in [-0.15, -0.1) is 12.4 Å². The number of nitrogens with two attached hydrogens (primary N) is 1. The van der Waals surface area contributed by atoms with Gasteiger partial charge in [-0.2, -0.15) is 0 Å². The Hall–Kier alpha value is -1.10. The van der Waals surface area contributed by atoms with Crippen LogP contribution in [0.25, 0.3) is 0 Å². The van der Waals surface area contributed by atoms with Gasteiger partial charge in [-0.05, 0) is 25.3 Å². The number of carbonyl (C=O) groups excluding carboxylic acids is 1. The zero-order chi connectivity index (χ0) is 13.2. The molecule has 5 heteroatoms. The van der Waals surface area contributed by atoms with E-state index in [0.29, 0.717) is 13.2 Å². The molecule has 0 aliphatic heterocycles.